The Kier molecular flexibility index (Phi) is 3.54. The van der Waals surface area contributed by atoms with E-state index in [1.165, 1.54) is 6.92 Å². The maximum absolute atomic E-state index is 13.3. The molecule has 16 heavy (non-hydrogen) atoms. The zero-order valence-corrected chi connectivity index (χ0v) is 8.61. The molecule has 0 atom stereocenters. The Balaban J connectivity index is 3.10. The first-order valence-corrected chi connectivity index (χ1v) is 4.62. The standard InChI is InChI=1S/C10H11F2NO3/c1-7-6-8(10(11,12)4-5-14)2-3-9(7)13(15)16/h2-3,6,14H,4-5H2,1H3. The van der Waals surface area contributed by atoms with Gasteiger partial charge in [0.2, 0.25) is 0 Å². The van der Waals surface area contributed by atoms with Crippen LogP contribution in [0.3, 0.4) is 0 Å². The second kappa shape index (κ2) is 4.52. The van der Waals surface area contributed by atoms with Crippen LogP contribution in [-0.4, -0.2) is 16.6 Å². The zero-order valence-electron chi connectivity index (χ0n) is 8.61. The van der Waals surface area contributed by atoms with Gasteiger partial charge in [-0.3, -0.25) is 10.1 Å². The van der Waals surface area contributed by atoms with Crippen LogP contribution in [0.2, 0.25) is 0 Å². The quantitative estimate of drug-likeness (QED) is 0.639. The third-order valence-electron chi connectivity index (χ3n) is 2.24. The van der Waals surface area contributed by atoms with E-state index in [2.05, 4.69) is 0 Å². The van der Waals surface area contributed by atoms with Gasteiger partial charge >= 0.3 is 0 Å². The predicted octanol–water partition coefficient (Wildman–Crippen LogP) is 2.38. The summed E-state index contributed by atoms with van der Waals surface area (Å²) in [5, 5.41) is 19.0. The summed E-state index contributed by atoms with van der Waals surface area (Å²) in [6, 6.07) is 3.14. The van der Waals surface area contributed by atoms with Gasteiger partial charge in [-0.05, 0) is 19.1 Å². The second-order valence-electron chi connectivity index (χ2n) is 3.44. The van der Waals surface area contributed by atoms with Crippen molar-refractivity contribution in [1.82, 2.24) is 0 Å². The minimum absolute atomic E-state index is 0.181. The molecule has 0 fully saturated rings. The lowest BCUT2D eigenvalue weighted by Crippen LogP contribution is -2.15. The highest BCUT2D eigenvalue weighted by molar-refractivity contribution is 5.42. The number of nitro benzene ring substituents is 1. The van der Waals surface area contributed by atoms with E-state index in [0.29, 0.717) is 0 Å². The van der Waals surface area contributed by atoms with Gasteiger partial charge in [-0.2, -0.15) is 0 Å². The molecule has 0 bridgehead atoms. The Morgan fingerprint density at radius 2 is 2.12 bits per heavy atom. The summed E-state index contributed by atoms with van der Waals surface area (Å²) >= 11 is 0. The van der Waals surface area contributed by atoms with Gasteiger partial charge in [0, 0.05) is 30.2 Å². The van der Waals surface area contributed by atoms with Crippen molar-refractivity contribution in [3.63, 3.8) is 0 Å². The maximum Gasteiger partial charge on any atom is 0.275 e. The van der Waals surface area contributed by atoms with Crippen molar-refractivity contribution < 1.29 is 18.8 Å². The lowest BCUT2D eigenvalue weighted by Gasteiger charge is -2.15. The van der Waals surface area contributed by atoms with Crippen molar-refractivity contribution in [3.05, 3.63) is 39.4 Å². The van der Waals surface area contributed by atoms with Gasteiger partial charge < -0.3 is 5.11 Å². The van der Waals surface area contributed by atoms with Gasteiger partial charge in [0.05, 0.1) is 4.92 Å². The molecule has 0 heterocycles. The van der Waals surface area contributed by atoms with E-state index >= 15 is 0 Å². The third-order valence-corrected chi connectivity index (χ3v) is 2.24. The van der Waals surface area contributed by atoms with Crippen LogP contribution in [0.25, 0.3) is 0 Å². The fourth-order valence-corrected chi connectivity index (χ4v) is 1.37. The molecule has 0 saturated heterocycles. The molecular weight excluding hydrogens is 220 g/mol. The summed E-state index contributed by atoms with van der Waals surface area (Å²) in [5.41, 5.74) is -0.326. The zero-order chi connectivity index (χ0) is 12.3. The number of hydrogen-bond acceptors (Lipinski definition) is 3. The average molecular weight is 231 g/mol. The molecule has 0 saturated carbocycles. The van der Waals surface area contributed by atoms with E-state index < -0.39 is 23.9 Å². The molecule has 0 aromatic heterocycles. The average Bonchev–Trinajstić information content (AvgIpc) is 2.16. The van der Waals surface area contributed by atoms with Crippen LogP contribution in [0.1, 0.15) is 17.5 Å². The molecule has 0 unspecified atom stereocenters. The first-order chi connectivity index (χ1) is 7.38. The number of aliphatic hydroxyl groups excluding tert-OH is 1. The van der Waals surface area contributed by atoms with E-state index in [4.69, 9.17) is 5.11 Å². The molecule has 0 aliphatic rings. The number of nitro groups is 1. The van der Waals surface area contributed by atoms with Gasteiger partial charge in [-0.25, -0.2) is 8.78 Å². The summed E-state index contributed by atoms with van der Waals surface area (Å²) in [4.78, 5) is 9.86. The largest absolute Gasteiger partial charge is 0.396 e. The number of aryl methyl sites for hydroxylation is 1. The predicted molar refractivity (Wildman–Crippen MR) is 53.4 cm³/mol. The van der Waals surface area contributed by atoms with Crippen molar-refractivity contribution in [2.75, 3.05) is 6.61 Å². The molecule has 1 N–H and O–H groups in total. The van der Waals surface area contributed by atoms with Crippen LogP contribution in [0.15, 0.2) is 18.2 Å². The topological polar surface area (TPSA) is 63.4 Å². The molecular formula is C10H11F2NO3. The normalized spacial score (nSPS) is 11.5. The molecule has 88 valence electrons. The van der Waals surface area contributed by atoms with Crippen molar-refractivity contribution in [2.24, 2.45) is 0 Å². The van der Waals surface area contributed by atoms with E-state index in [0.717, 1.165) is 18.2 Å². The maximum atomic E-state index is 13.3. The van der Waals surface area contributed by atoms with E-state index in [9.17, 15) is 18.9 Å². The van der Waals surface area contributed by atoms with Gasteiger partial charge in [0.15, 0.2) is 0 Å². The van der Waals surface area contributed by atoms with Crippen molar-refractivity contribution in [3.8, 4) is 0 Å². The number of aliphatic hydroxyl groups is 1. The Morgan fingerprint density at radius 3 is 2.56 bits per heavy atom. The smallest absolute Gasteiger partial charge is 0.275 e. The van der Waals surface area contributed by atoms with Crippen LogP contribution in [0.4, 0.5) is 14.5 Å². The summed E-state index contributed by atoms with van der Waals surface area (Å²) in [6.45, 7) is 0.764. The summed E-state index contributed by atoms with van der Waals surface area (Å²) in [6.07, 6.45) is -0.690. The lowest BCUT2D eigenvalue weighted by molar-refractivity contribution is -0.385. The van der Waals surface area contributed by atoms with E-state index in [1.807, 2.05) is 0 Å². The minimum Gasteiger partial charge on any atom is -0.396 e. The summed E-state index contributed by atoms with van der Waals surface area (Å²) < 4.78 is 26.7. The number of nitrogens with zero attached hydrogens (tertiary/aromatic N) is 1. The summed E-state index contributed by atoms with van der Waals surface area (Å²) in [5.74, 6) is -3.16. The fraction of sp³-hybridized carbons (Fsp3) is 0.400. The fourth-order valence-electron chi connectivity index (χ4n) is 1.37. The number of benzene rings is 1. The van der Waals surface area contributed by atoms with Crippen molar-refractivity contribution in [1.29, 1.82) is 0 Å². The monoisotopic (exact) mass is 231 g/mol. The molecule has 1 aromatic carbocycles. The SMILES string of the molecule is Cc1cc(C(F)(F)CCO)ccc1[N+](=O)[O-]. The first-order valence-electron chi connectivity index (χ1n) is 4.62. The third kappa shape index (κ3) is 2.52. The second-order valence-corrected chi connectivity index (χ2v) is 3.44. The van der Waals surface area contributed by atoms with Crippen LogP contribution in [0.5, 0.6) is 0 Å². The Morgan fingerprint density at radius 1 is 1.50 bits per heavy atom. The Hall–Kier alpha value is -1.56. The molecule has 0 radical (unpaired) electrons. The Labute approximate surface area is 90.7 Å². The van der Waals surface area contributed by atoms with Crippen LogP contribution < -0.4 is 0 Å². The van der Waals surface area contributed by atoms with Gasteiger partial charge in [-0.1, -0.05) is 0 Å². The first kappa shape index (κ1) is 12.5. The Bertz CT molecular complexity index is 407. The van der Waals surface area contributed by atoms with Crippen molar-refractivity contribution in [2.45, 2.75) is 19.3 Å². The molecule has 1 rings (SSSR count). The molecule has 0 amide bonds. The number of halogens is 2. The number of hydrogen-bond donors (Lipinski definition) is 1. The van der Waals surface area contributed by atoms with E-state index in [-0.39, 0.29) is 16.8 Å². The van der Waals surface area contributed by atoms with Crippen LogP contribution in [0, 0.1) is 17.0 Å². The van der Waals surface area contributed by atoms with Crippen LogP contribution >= 0.6 is 0 Å². The van der Waals surface area contributed by atoms with Crippen LogP contribution in [-0.2, 0) is 5.92 Å². The molecule has 0 aliphatic heterocycles. The van der Waals surface area contributed by atoms with Crippen molar-refractivity contribution >= 4 is 5.69 Å². The molecule has 4 nitrogen and oxygen atoms in total. The lowest BCUT2D eigenvalue weighted by atomic mass is 10.0. The highest BCUT2D eigenvalue weighted by Crippen LogP contribution is 2.33. The number of alkyl halides is 2. The molecule has 6 heteroatoms. The molecule has 0 spiro atoms. The highest BCUT2D eigenvalue weighted by atomic mass is 19.3. The van der Waals surface area contributed by atoms with E-state index in [1.54, 1.807) is 0 Å². The summed E-state index contributed by atoms with van der Waals surface area (Å²) in [7, 11) is 0. The van der Waals surface area contributed by atoms with Gasteiger partial charge in [-0.15, -0.1) is 0 Å². The number of rotatable bonds is 4. The molecule has 0 aliphatic carbocycles. The van der Waals surface area contributed by atoms with Gasteiger partial charge in [0.25, 0.3) is 11.6 Å². The highest BCUT2D eigenvalue weighted by Gasteiger charge is 2.31. The minimum atomic E-state index is -3.16. The van der Waals surface area contributed by atoms with Gasteiger partial charge in [0.1, 0.15) is 0 Å². The molecule has 1 aromatic rings.